The Kier molecular flexibility index (Phi) is 7.43. The molecule has 3 aliphatic rings. The van der Waals surface area contributed by atoms with E-state index in [0.717, 1.165) is 54.5 Å². The van der Waals surface area contributed by atoms with Crippen molar-refractivity contribution in [1.82, 2.24) is 25.1 Å². The number of nitrogens with one attached hydrogen (secondary N) is 1. The molecule has 1 aromatic carbocycles. The second kappa shape index (κ2) is 11.7. The number of carbonyl (C=O) groups is 1. The zero-order valence-corrected chi connectivity index (χ0v) is 23.4. The molecule has 2 saturated heterocycles. The third kappa shape index (κ3) is 5.66. The Morgan fingerprint density at radius 3 is 2.71 bits per heavy atom. The fourth-order valence-corrected chi connectivity index (χ4v) is 5.77. The number of fused-ring (bicyclic) bond motifs is 1. The number of carbonyl (C=O) groups excluding carboxylic acids is 1. The van der Waals surface area contributed by atoms with Gasteiger partial charge in [-0.25, -0.2) is 24.4 Å². The van der Waals surface area contributed by atoms with Crippen LogP contribution in [0.2, 0.25) is 0 Å². The number of anilines is 2. The number of nitrogens with zero attached hydrogens (tertiary/aromatic N) is 6. The number of halogens is 1. The van der Waals surface area contributed by atoms with Gasteiger partial charge in [0.2, 0.25) is 5.91 Å². The molecule has 0 spiro atoms. The Labute approximate surface area is 243 Å². The average Bonchev–Trinajstić information content (AvgIpc) is 3.77. The van der Waals surface area contributed by atoms with Crippen molar-refractivity contribution in [3.63, 3.8) is 0 Å². The maximum Gasteiger partial charge on any atom is 0.246 e. The van der Waals surface area contributed by atoms with Gasteiger partial charge in [-0.3, -0.25) is 9.63 Å². The van der Waals surface area contributed by atoms with Gasteiger partial charge in [0.05, 0.1) is 37.8 Å². The van der Waals surface area contributed by atoms with Gasteiger partial charge in [0.15, 0.2) is 5.65 Å². The maximum absolute atomic E-state index is 14.0. The monoisotopic (exact) mass is 571 g/mol. The summed E-state index contributed by atoms with van der Waals surface area (Å²) < 4.78 is 21.6. The van der Waals surface area contributed by atoms with E-state index in [1.807, 2.05) is 40.9 Å². The topological polar surface area (TPSA) is 97.1 Å². The van der Waals surface area contributed by atoms with Crippen LogP contribution in [0.4, 0.5) is 16.0 Å². The van der Waals surface area contributed by atoms with Crippen LogP contribution in [0.25, 0.3) is 17.0 Å². The van der Waals surface area contributed by atoms with Gasteiger partial charge in [0.25, 0.3) is 0 Å². The summed E-state index contributed by atoms with van der Waals surface area (Å²) in [6, 6.07) is 16.4. The summed E-state index contributed by atoms with van der Waals surface area (Å²) in [5, 5.41) is 4.96. The van der Waals surface area contributed by atoms with Crippen molar-refractivity contribution < 1.29 is 18.8 Å². The summed E-state index contributed by atoms with van der Waals surface area (Å²) in [7, 11) is 0. The Balaban J connectivity index is 1.08. The van der Waals surface area contributed by atoms with Crippen molar-refractivity contribution in [2.75, 3.05) is 49.3 Å². The van der Waals surface area contributed by atoms with Crippen molar-refractivity contribution >= 4 is 23.2 Å². The van der Waals surface area contributed by atoms with Gasteiger partial charge in [-0.15, -0.1) is 5.10 Å². The number of imidazole rings is 1. The number of ether oxygens (including phenoxy) is 1. The lowest BCUT2D eigenvalue weighted by Crippen LogP contribution is -2.41. The Morgan fingerprint density at radius 1 is 1.02 bits per heavy atom. The Bertz CT molecular complexity index is 1570. The van der Waals surface area contributed by atoms with Crippen molar-refractivity contribution in [3.8, 4) is 11.4 Å². The number of benzene rings is 1. The number of amides is 1. The van der Waals surface area contributed by atoms with Crippen LogP contribution in [0.1, 0.15) is 37.3 Å². The second-order valence-electron chi connectivity index (χ2n) is 11.3. The predicted octanol–water partition coefficient (Wildman–Crippen LogP) is 4.18. The number of rotatable bonds is 8. The summed E-state index contributed by atoms with van der Waals surface area (Å²) in [6.45, 7) is 3.75. The molecule has 0 bridgehead atoms. The molecular weight excluding hydrogens is 537 g/mol. The first-order chi connectivity index (χ1) is 20.6. The number of pyridine rings is 1. The summed E-state index contributed by atoms with van der Waals surface area (Å²) in [6.07, 6.45) is 5.67. The average molecular weight is 572 g/mol. The van der Waals surface area contributed by atoms with E-state index in [9.17, 15) is 9.18 Å². The molecule has 11 heteroatoms. The molecule has 5 heterocycles. The van der Waals surface area contributed by atoms with Gasteiger partial charge in [0.1, 0.15) is 23.1 Å². The van der Waals surface area contributed by atoms with Crippen LogP contribution < -0.4 is 15.3 Å². The van der Waals surface area contributed by atoms with Crippen molar-refractivity contribution in [3.05, 3.63) is 72.2 Å². The highest BCUT2D eigenvalue weighted by molar-refractivity contribution is 5.78. The molecule has 7 rings (SSSR count). The molecule has 4 aromatic rings. The highest BCUT2D eigenvalue weighted by atomic mass is 19.1. The molecule has 1 N–H and O–H groups in total. The number of hydroxylamine groups is 1. The Hall–Kier alpha value is -4.09. The normalized spacial score (nSPS) is 19.8. The lowest BCUT2D eigenvalue weighted by atomic mass is 9.96. The zero-order valence-electron chi connectivity index (χ0n) is 23.4. The van der Waals surface area contributed by atoms with Crippen LogP contribution in [0.5, 0.6) is 0 Å². The molecule has 1 aliphatic carbocycles. The number of hydrogen-bond donors (Lipinski definition) is 1. The molecule has 0 radical (unpaired) electrons. The Morgan fingerprint density at radius 2 is 1.88 bits per heavy atom. The predicted molar refractivity (Wildman–Crippen MR) is 155 cm³/mol. The number of hydrogen-bond acceptors (Lipinski definition) is 8. The molecule has 1 amide bonds. The van der Waals surface area contributed by atoms with Gasteiger partial charge in [0, 0.05) is 25.6 Å². The number of piperidine rings is 1. The lowest BCUT2D eigenvalue weighted by molar-refractivity contribution is -0.138. The maximum atomic E-state index is 14.0. The van der Waals surface area contributed by atoms with Gasteiger partial charge < -0.3 is 14.5 Å². The molecule has 2 aliphatic heterocycles. The van der Waals surface area contributed by atoms with Crippen LogP contribution in [-0.4, -0.2) is 64.9 Å². The van der Waals surface area contributed by atoms with Crippen LogP contribution in [-0.2, 0) is 14.4 Å². The first kappa shape index (κ1) is 26.8. The van der Waals surface area contributed by atoms with Crippen molar-refractivity contribution in [2.45, 2.75) is 31.7 Å². The minimum absolute atomic E-state index is 0.0236. The SMILES string of the molecule is O=C(NOCC1CC1)C1CCN(c2cccc(-c3cnc4ccc(N5CCOCC5c5cccc(F)c5)nn34)n2)CC1. The smallest absolute Gasteiger partial charge is 0.246 e. The van der Waals surface area contributed by atoms with Gasteiger partial charge in [-0.05, 0) is 73.6 Å². The van der Waals surface area contributed by atoms with E-state index in [4.69, 9.17) is 19.7 Å². The van der Waals surface area contributed by atoms with Crippen molar-refractivity contribution in [2.24, 2.45) is 11.8 Å². The van der Waals surface area contributed by atoms with Crippen LogP contribution in [0.3, 0.4) is 0 Å². The van der Waals surface area contributed by atoms with E-state index < -0.39 is 0 Å². The van der Waals surface area contributed by atoms with E-state index >= 15 is 0 Å². The molecule has 1 atom stereocenters. The summed E-state index contributed by atoms with van der Waals surface area (Å²) in [4.78, 5) is 31.8. The second-order valence-corrected chi connectivity index (χ2v) is 11.3. The van der Waals surface area contributed by atoms with Gasteiger partial charge >= 0.3 is 0 Å². The van der Waals surface area contributed by atoms with Gasteiger partial charge in [-0.1, -0.05) is 18.2 Å². The van der Waals surface area contributed by atoms with E-state index in [2.05, 4.69) is 20.3 Å². The largest absolute Gasteiger partial charge is 0.377 e. The van der Waals surface area contributed by atoms with Crippen LogP contribution in [0.15, 0.2) is 60.8 Å². The number of aromatic nitrogens is 4. The minimum Gasteiger partial charge on any atom is -0.377 e. The first-order valence-corrected chi connectivity index (χ1v) is 14.7. The highest BCUT2D eigenvalue weighted by Gasteiger charge is 2.29. The summed E-state index contributed by atoms with van der Waals surface area (Å²) in [5.74, 6) is 1.89. The van der Waals surface area contributed by atoms with E-state index in [-0.39, 0.29) is 23.7 Å². The first-order valence-electron chi connectivity index (χ1n) is 14.7. The minimum atomic E-state index is -0.269. The molecule has 218 valence electrons. The lowest BCUT2D eigenvalue weighted by Gasteiger charge is -2.36. The molecule has 10 nitrogen and oxygen atoms in total. The molecule has 3 aromatic heterocycles. The van der Waals surface area contributed by atoms with Gasteiger partial charge in [-0.2, -0.15) is 0 Å². The fourth-order valence-electron chi connectivity index (χ4n) is 5.77. The van der Waals surface area contributed by atoms with Crippen molar-refractivity contribution in [1.29, 1.82) is 0 Å². The third-order valence-electron chi connectivity index (χ3n) is 8.38. The zero-order chi connectivity index (χ0) is 28.5. The highest BCUT2D eigenvalue weighted by Crippen LogP contribution is 2.31. The van der Waals surface area contributed by atoms with E-state index in [1.54, 1.807) is 18.3 Å². The standard InChI is InChI=1S/C31H34FN7O3/c32-24-4-1-3-23(17-24)27-20-41-16-15-38(27)30-10-9-28-33-18-26(39(28)35-30)25-5-2-6-29(34-25)37-13-11-22(12-14-37)31(40)36-42-19-21-7-8-21/h1-6,9-10,17-18,21-22,27H,7-8,11-16,19-20H2,(H,36,40). The summed E-state index contributed by atoms with van der Waals surface area (Å²) >= 11 is 0. The molecule has 42 heavy (non-hydrogen) atoms. The van der Waals surface area contributed by atoms with Crippen LogP contribution >= 0.6 is 0 Å². The quantitative estimate of drug-likeness (QED) is 0.315. The van der Waals surface area contributed by atoms with E-state index in [1.165, 1.54) is 18.9 Å². The number of morpholine rings is 1. The molecule has 1 unspecified atom stereocenters. The van der Waals surface area contributed by atoms with Crippen LogP contribution in [0, 0.1) is 17.7 Å². The summed E-state index contributed by atoms with van der Waals surface area (Å²) in [5.41, 5.74) is 5.76. The third-order valence-corrected chi connectivity index (χ3v) is 8.38. The van der Waals surface area contributed by atoms with E-state index in [0.29, 0.717) is 37.9 Å². The molecule has 1 saturated carbocycles. The molecular formula is C31H34FN7O3. The molecule has 3 fully saturated rings. The fraction of sp³-hybridized carbons (Fsp3) is 0.419.